The molecule has 0 saturated heterocycles. The molecule has 1 rings (SSSR count). The SMILES string of the molecule is Cc1nc(C(F)(F)F)ccc1C(=O)N(C)CCC(N)C(C)C. The number of rotatable bonds is 5. The number of pyridine rings is 1. The van der Waals surface area contributed by atoms with Gasteiger partial charge in [0, 0.05) is 19.6 Å². The van der Waals surface area contributed by atoms with E-state index in [1.807, 2.05) is 13.8 Å². The maximum absolute atomic E-state index is 12.6. The van der Waals surface area contributed by atoms with Crippen LogP contribution in [0, 0.1) is 12.8 Å². The van der Waals surface area contributed by atoms with Crippen LogP contribution in [0.1, 0.15) is 42.0 Å². The number of hydrogen-bond donors (Lipinski definition) is 1. The highest BCUT2D eigenvalue weighted by Crippen LogP contribution is 2.28. The van der Waals surface area contributed by atoms with E-state index in [-0.39, 0.29) is 23.2 Å². The van der Waals surface area contributed by atoms with Gasteiger partial charge in [-0.05, 0) is 31.4 Å². The quantitative estimate of drug-likeness (QED) is 0.908. The summed E-state index contributed by atoms with van der Waals surface area (Å²) < 4.78 is 37.7. The minimum absolute atomic E-state index is 0.0259. The summed E-state index contributed by atoms with van der Waals surface area (Å²) in [6.07, 6.45) is -3.88. The standard InChI is InChI=1S/C15H22F3N3O/c1-9(2)12(19)7-8-21(4)14(22)11-5-6-13(15(16,17)18)20-10(11)3/h5-6,9,12H,7-8,19H2,1-4H3. The molecule has 0 aliphatic rings. The largest absolute Gasteiger partial charge is 0.433 e. The van der Waals surface area contributed by atoms with Crippen LogP contribution in [-0.2, 0) is 6.18 Å². The monoisotopic (exact) mass is 317 g/mol. The average molecular weight is 317 g/mol. The molecule has 7 heteroatoms. The first-order valence-corrected chi connectivity index (χ1v) is 7.10. The van der Waals surface area contributed by atoms with Crippen LogP contribution in [0.15, 0.2) is 12.1 Å². The van der Waals surface area contributed by atoms with Gasteiger partial charge >= 0.3 is 6.18 Å². The highest BCUT2D eigenvalue weighted by molar-refractivity contribution is 5.95. The predicted molar refractivity (Wildman–Crippen MR) is 78.4 cm³/mol. The van der Waals surface area contributed by atoms with Crippen LogP contribution >= 0.6 is 0 Å². The molecule has 0 saturated carbocycles. The number of amides is 1. The highest BCUT2D eigenvalue weighted by Gasteiger charge is 2.33. The number of alkyl halides is 3. The van der Waals surface area contributed by atoms with E-state index in [9.17, 15) is 18.0 Å². The third-order valence-corrected chi connectivity index (χ3v) is 3.61. The minimum atomic E-state index is -4.51. The molecule has 0 spiro atoms. The number of carbonyl (C=O) groups is 1. The molecule has 1 heterocycles. The van der Waals surface area contributed by atoms with Gasteiger partial charge in [-0.2, -0.15) is 13.2 Å². The molecule has 0 radical (unpaired) electrons. The van der Waals surface area contributed by atoms with E-state index in [2.05, 4.69) is 4.98 Å². The van der Waals surface area contributed by atoms with Crippen LogP contribution in [0.2, 0.25) is 0 Å². The van der Waals surface area contributed by atoms with Gasteiger partial charge in [-0.25, -0.2) is 4.98 Å². The zero-order valence-electron chi connectivity index (χ0n) is 13.2. The first-order valence-electron chi connectivity index (χ1n) is 7.10. The zero-order valence-corrected chi connectivity index (χ0v) is 13.2. The lowest BCUT2D eigenvalue weighted by Gasteiger charge is -2.22. The van der Waals surface area contributed by atoms with Gasteiger partial charge in [0.15, 0.2) is 0 Å². The van der Waals surface area contributed by atoms with E-state index in [1.54, 1.807) is 7.05 Å². The minimum Gasteiger partial charge on any atom is -0.342 e. The topological polar surface area (TPSA) is 59.2 Å². The van der Waals surface area contributed by atoms with Crippen molar-refractivity contribution in [2.45, 2.75) is 39.4 Å². The summed E-state index contributed by atoms with van der Waals surface area (Å²) in [6, 6.07) is 1.97. The van der Waals surface area contributed by atoms with Crippen molar-refractivity contribution in [1.82, 2.24) is 9.88 Å². The van der Waals surface area contributed by atoms with Crippen LogP contribution in [0.5, 0.6) is 0 Å². The molecule has 22 heavy (non-hydrogen) atoms. The molecular formula is C15H22F3N3O. The van der Waals surface area contributed by atoms with Crippen molar-refractivity contribution in [2.24, 2.45) is 11.7 Å². The van der Waals surface area contributed by atoms with Gasteiger partial charge in [0.1, 0.15) is 5.69 Å². The zero-order chi connectivity index (χ0) is 17.1. The molecule has 124 valence electrons. The Hall–Kier alpha value is -1.63. The molecule has 0 aromatic carbocycles. The summed E-state index contributed by atoms with van der Waals surface area (Å²) in [6.45, 7) is 5.83. The Morgan fingerprint density at radius 1 is 1.36 bits per heavy atom. The first-order chi connectivity index (χ1) is 10.0. The Balaban J connectivity index is 2.81. The van der Waals surface area contributed by atoms with Gasteiger partial charge in [0.25, 0.3) is 5.91 Å². The first kappa shape index (κ1) is 18.4. The van der Waals surface area contributed by atoms with Gasteiger partial charge in [-0.3, -0.25) is 4.79 Å². The molecule has 0 aliphatic carbocycles. The van der Waals surface area contributed by atoms with Gasteiger partial charge in [-0.15, -0.1) is 0 Å². The molecule has 0 bridgehead atoms. The van der Waals surface area contributed by atoms with Crippen molar-refractivity contribution in [3.63, 3.8) is 0 Å². The predicted octanol–water partition coefficient (Wildman–Crippen LogP) is 2.85. The van der Waals surface area contributed by atoms with Crippen LogP contribution in [0.3, 0.4) is 0 Å². The highest BCUT2D eigenvalue weighted by atomic mass is 19.4. The van der Waals surface area contributed by atoms with E-state index in [4.69, 9.17) is 5.73 Å². The maximum atomic E-state index is 12.6. The third-order valence-electron chi connectivity index (χ3n) is 3.61. The van der Waals surface area contributed by atoms with Crippen molar-refractivity contribution in [2.75, 3.05) is 13.6 Å². The van der Waals surface area contributed by atoms with Gasteiger partial charge < -0.3 is 10.6 Å². The molecule has 1 aromatic heterocycles. The maximum Gasteiger partial charge on any atom is 0.433 e. The fourth-order valence-corrected chi connectivity index (χ4v) is 1.93. The molecule has 1 unspecified atom stereocenters. The smallest absolute Gasteiger partial charge is 0.342 e. The molecule has 0 aliphatic heterocycles. The molecular weight excluding hydrogens is 295 g/mol. The van der Waals surface area contributed by atoms with Crippen LogP contribution in [0.4, 0.5) is 13.2 Å². The molecule has 2 N–H and O–H groups in total. The number of hydrogen-bond acceptors (Lipinski definition) is 3. The molecule has 1 amide bonds. The van der Waals surface area contributed by atoms with E-state index in [1.165, 1.54) is 17.9 Å². The summed E-state index contributed by atoms with van der Waals surface area (Å²) in [4.78, 5) is 17.2. The number of nitrogens with two attached hydrogens (primary N) is 1. The second-order valence-electron chi connectivity index (χ2n) is 5.75. The molecule has 0 fully saturated rings. The van der Waals surface area contributed by atoms with Crippen molar-refractivity contribution < 1.29 is 18.0 Å². The van der Waals surface area contributed by atoms with Gasteiger partial charge in [0.05, 0.1) is 11.3 Å². The van der Waals surface area contributed by atoms with E-state index in [0.717, 1.165) is 6.07 Å². The molecule has 1 atom stereocenters. The second-order valence-corrected chi connectivity index (χ2v) is 5.75. The van der Waals surface area contributed by atoms with Crippen molar-refractivity contribution in [3.05, 3.63) is 29.1 Å². The molecule has 1 aromatic rings. The molecule has 4 nitrogen and oxygen atoms in total. The van der Waals surface area contributed by atoms with Gasteiger partial charge in [-0.1, -0.05) is 13.8 Å². The van der Waals surface area contributed by atoms with E-state index in [0.29, 0.717) is 18.9 Å². The van der Waals surface area contributed by atoms with Crippen LogP contribution in [0.25, 0.3) is 0 Å². The van der Waals surface area contributed by atoms with E-state index < -0.39 is 11.9 Å². The number of halogens is 3. The lowest BCUT2D eigenvalue weighted by molar-refractivity contribution is -0.141. The fraction of sp³-hybridized carbons (Fsp3) is 0.600. The van der Waals surface area contributed by atoms with Crippen LogP contribution < -0.4 is 5.73 Å². The summed E-state index contributed by atoms with van der Waals surface area (Å²) >= 11 is 0. The summed E-state index contributed by atoms with van der Waals surface area (Å²) in [7, 11) is 1.60. The van der Waals surface area contributed by atoms with E-state index >= 15 is 0 Å². The Morgan fingerprint density at radius 3 is 2.41 bits per heavy atom. The van der Waals surface area contributed by atoms with Crippen molar-refractivity contribution in [3.8, 4) is 0 Å². The number of aromatic nitrogens is 1. The summed E-state index contributed by atoms with van der Waals surface area (Å²) in [5.41, 5.74) is 5.18. The Labute approximate surface area is 128 Å². The normalized spacial score (nSPS) is 13.3. The van der Waals surface area contributed by atoms with Crippen molar-refractivity contribution in [1.29, 1.82) is 0 Å². The fourth-order valence-electron chi connectivity index (χ4n) is 1.93. The van der Waals surface area contributed by atoms with Gasteiger partial charge in [0.2, 0.25) is 0 Å². The lowest BCUT2D eigenvalue weighted by atomic mass is 10.0. The Kier molecular flexibility index (Phi) is 5.93. The number of aryl methyl sites for hydroxylation is 1. The average Bonchev–Trinajstić information content (AvgIpc) is 2.42. The number of carbonyl (C=O) groups excluding carboxylic acids is 1. The summed E-state index contributed by atoms with van der Waals surface area (Å²) in [5, 5.41) is 0. The lowest BCUT2D eigenvalue weighted by Crippen LogP contribution is -2.35. The Morgan fingerprint density at radius 2 is 1.95 bits per heavy atom. The summed E-state index contributed by atoms with van der Waals surface area (Å²) in [5.74, 6) is -0.0485. The van der Waals surface area contributed by atoms with Crippen LogP contribution in [-0.4, -0.2) is 35.4 Å². The number of nitrogens with zero attached hydrogens (tertiary/aromatic N) is 2. The second kappa shape index (κ2) is 7.09. The third kappa shape index (κ3) is 4.69. The Bertz CT molecular complexity index is 529. The van der Waals surface area contributed by atoms with Crippen molar-refractivity contribution >= 4 is 5.91 Å².